The molecule has 0 aromatic carbocycles. The van der Waals surface area contributed by atoms with Crippen molar-refractivity contribution >= 4 is 11.8 Å². The van der Waals surface area contributed by atoms with Gasteiger partial charge in [0.15, 0.2) is 5.78 Å². The van der Waals surface area contributed by atoms with Gasteiger partial charge in [0.2, 0.25) is 0 Å². The molecule has 190 valence electrons. The van der Waals surface area contributed by atoms with Crippen molar-refractivity contribution in [2.45, 2.75) is 112 Å². The maximum absolute atomic E-state index is 13.2. The van der Waals surface area contributed by atoms with E-state index in [1.807, 2.05) is 0 Å². The third-order valence-electron chi connectivity index (χ3n) is 12.8. The number of carboxylic acid groups (broad SMARTS) is 1. The van der Waals surface area contributed by atoms with Gasteiger partial charge in [-0.1, -0.05) is 48.5 Å². The zero-order valence-corrected chi connectivity index (χ0v) is 22.5. The minimum atomic E-state index is -0.970. The maximum Gasteiger partial charge on any atom is 0.314 e. The quantitative estimate of drug-likeness (QED) is 0.489. The predicted octanol–water partition coefficient (Wildman–Crippen LogP) is 6.41. The fourth-order valence-electron chi connectivity index (χ4n) is 10.9. The van der Waals surface area contributed by atoms with Gasteiger partial charge in [0.25, 0.3) is 0 Å². The van der Waals surface area contributed by atoms with Crippen molar-refractivity contribution in [3.05, 3.63) is 11.1 Å². The van der Waals surface area contributed by atoms with Gasteiger partial charge in [-0.25, -0.2) is 0 Å². The van der Waals surface area contributed by atoms with E-state index in [0.29, 0.717) is 18.3 Å². The molecule has 0 aliphatic heterocycles. The number of Topliss-reactive ketones (excluding diaryl/α,β-unsaturated/α-hetero) is 1. The van der Waals surface area contributed by atoms with Crippen LogP contribution >= 0.6 is 0 Å². The van der Waals surface area contributed by atoms with E-state index in [1.54, 1.807) is 0 Å². The van der Waals surface area contributed by atoms with Crippen LogP contribution in [-0.2, 0) is 9.59 Å². The molecular formula is C30H46O4. The second-order valence-electron chi connectivity index (χ2n) is 14.5. The van der Waals surface area contributed by atoms with Crippen LogP contribution in [0.3, 0.4) is 0 Å². The van der Waals surface area contributed by atoms with Crippen molar-refractivity contribution in [3.63, 3.8) is 0 Å². The molecule has 4 nitrogen and oxygen atoms in total. The van der Waals surface area contributed by atoms with Crippen molar-refractivity contribution < 1.29 is 19.8 Å². The van der Waals surface area contributed by atoms with Gasteiger partial charge in [0.05, 0.1) is 11.5 Å². The topological polar surface area (TPSA) is 74.6 Å². The zero-order valence-electron chi connectivity index (χ0n) is 22.5. The Morgan fingerprint density at radius 2 is 1.56 bits per heavy atom. The van der Waals surface area contributed by atoms with E-state index in [4.69, 9.17) is 0 Å². The molecule has 0 aromatic heterocycles. The summed E-state index contributed by atoms with van der Waals surface area (Å²) in [7, 11) is 0. The van der Waals surface area contributed by atoms with Gasteiger partial charge in [0.1, 0.15) is 0 Å². The lowest BCUT2D eigenvalue weighted by Gasteiger charge is -2.71. The molecule has 1 unspecified atom stereocenters. The lowest BCUT2D eigenvalue weighted by atomic mass is 9.33. The van der Waals surface area contributed by atoms with Crippen LogP contribution in [0.15, 0.2) is 11.1 Å². The number of carbonyl (C=O) groups is 2. The molecular weight excluding hydrogens is 424 g/mol. The third-order valence-corrected chi connectivity index (χ3v) is 12.8. The van der Waals surface area contributed by atoms with Gasteiger partial charge < -0.3 is 10.2 Å². The Hall–Kier alpha value is -1.16. The third kappa shape index (κ3) is 2.70. The van der Waals surface area contributed by atoms with Crippen molar-refractivity contribution in [3.8, 4) is 0 Å². The molecule has 8 atom stereocenters. The lowest BCUT2D eigenvalue weighted by molar-refractivity contribution is -0.228. The van der Waals surface area contributed by atoms with Crippen LogP contribution in [0.5, 0.6) is 0 Å². The van der Waals surface area contributed by atoms with E-state index < -0.39 is 11.4 Å². The molecule has 4 saturated carbocycles. The van der Waals surface area contributed by atoms with E-state index in [0.717, 1.165) is 56.1 Å². The second kappa shape index (κ2) is 7.20. The highest BCUT2D eigenvalue weighted by molar-refractivity contribution is 6.05. The number of carbonyl (C=O) groups excluding carboxylic acids is 1. The number of allylic oxidation sites excluding steroid dienone is 1. The summed E-state index contributed by atoms with van der Waals surface area (Å²) in [4.78, 5) is 26.0. The molecule has 0 radical (unpaired) electrons. The smallest absolute Gasteiger partial charge is 0.314 e. The summed E-state index contributed by atoms with van der Waals surface area (Å²) in [6.45, 7) is 16.2. The Morgan fingerprint density at radius 3 is 2.18 bits per heavy atom. The Bertz CT molecular complexity index is 961. The summed E-state index contributed by atoms with van der Waals surface area (Å²) in [6, 6.07) is 0. The Kier molecular flexibility index (Phi) is 5.20. The second-order valence-corrected chi connectivity index (χ2v) is 14.5. The molecule has 5 aliphatic rings. The molecule has 5 rings (SSSR count). The number of hydrogen-bond donors (Lipinski definition) is 2. The lowest BCUT2D eigenvalue weighted by Crippen LogP contribution is -2.65. The van der Waals surface area contributed by atoms with Gasteiger partial charge >= 0.3 is 5.97 Å². The van der Waals surface area contributed by atoms with Crippen LogP contribution in [0.1, 0.15) is 106 Å². The number of aliphatic hydroxyl groups excluding tert-OH is 1. The molecule has 4 fully saturated rings. The standard InChI is InChI=1S/C30H46O4/c1-17(2)23-19(31)16-30(25(33)34)15-14-28(6)18(24(23)30)8-9-21-27(5)12-11-22(32)26(3,4)20(27)10-13-29(21,28)7/h17-18,20-22,32H,8-16H2,1-7H3,(H,33,34)/t18-,20+,21-,22?,27+,28-,29-,30-/m1/s1. The Morgan fingerprint density at radius 1 is 0.882 bits per heavy atom. The number of ketones is 1. The first-order valence-corrected chi connectivity index (χ1v) is 13.9. The van der Waals surface area contributed by atoms with E-state index in [-0.39, 0.29) is 51.8 Å². The number of aliphatic carboxylic acids is 1. The average molecular weight is 471 g/mol. The highest BCUT2D eigenvalue weighted by atomic mass is 16.4. The summed E-state index contributed by atoms with van der Waals surface area (Å²) in [5, 5.41) is 21.3. The van der Waals surface area contributed by atoms with Crippen molar-refractivity contribution in [1.82, 2.24) is 0 Å². The number of hydrogen-bond acceptors (Lipinski definition) is 3. The summed E-state index contributed by atoms with van der Waals surface area (Å²) in [5.41, 5.74) is 1.16. The van der Waals surface area contributed by atoms with Gasteiger partial charge in [-0.2, -0.15) is 0 Å². The SMILES string of the molecule is CC(C)C1=C2[C@H]3CC[C@@H]4[C@@]5(C)CCC(O)C(C)(C)[C@@H]5CC[C@@]4(C)[C@]3(C)CC[C@@]2(C(=O)O)CC1=O. The largest absolute Gasteiger partial charge is 0.481 e. The van der Waals surface area contributed by atoms with Gasteiger partial charge in [0, 0.05) is 6.42 Å². The molecule has 34 heavy (non-hydrogen) atoms. The number of carboxylic acids is 1. The maximum atomic E-state index is 13.2. The highest BCUT2D eigenvalue weighted by Gasteiger charge is 2.70. The number of rotatable bonds is 2. The van der Waals surface area contributed by atoms with E-state index in [1.165, 1.54) is 0 Å². The average Bonchev–Trinajstić information content (AvgIpc) is 3.05. The van der Waals surface area contributed by atoms with Crippen LogP contribution in [0.25, 0.3) is 0 Å². The Balaban J connectivity index is 1.62. The molecule has 0 amide bonds. The zero-order chi connectivity index (χ0) is 25.1. The first-order chi connectivity index (χ1) is 15.7. The molecule has 0 aromatic rings. The molecule has 0 spiro atoms. The van der Waals surface area contributed by atoms with Crippen molar-refractivity contribution in [1.29, 1.82) is 0 Å². The number of aliphatic hydroxyl groups is 1. The molecule has 2 N–H and O–H groups in total. The minimum absolute atomic E-state index is 0.00312. The first kappa shape index (κ1) is 24.5. The van der Waals surface area contributed by atoms with Crippen molar-refractivity contribution in [2.24, 2.45) is 50.7 Å². The summed E-state index contributed by atoms with van der Waals surface area (Å²) >= 11 is 0. The number of fused-ring (bicyclic) bond motifs is 7. The molecule has 5 aliphatic carbocycles. The van der Waals surface area contributed by atoms with E-state index in [2.05, 4.69) is 48.5 Å². The minimum Gasteiger partial charge on any atom is -0.481 e. The molecule has 0 bridgehead atoms. The highest BCUT2D eigenvalue weighted by Crippen LogP contribution is 2.76. The van der Waals surface area contributed by atoms with Crippen LogP contribution in [0.4, 0.5) is 0 Å². The van der Waals surface area contributed by atoms with Gasteiger partial charge in [-0.3, -0.25) is 9.59 Å². The fourth-order valence-corrected chi connectivity index (χ4v) is 10.9. The summed E-state index contributed by atoms with van der Waals surface area (Å²) in [6.07, 6.45) is 7.77. The molecule has 0 heterocycles. The van der Waals surface area contributed by atoms with Crippen molar-refractivity contribution in [2.75, 3.05) is 0 Å². The first-order valence-electron chi connectivity index (χ1n) is 13.9. The van der Waals surface area contributed by atoms with E-state index >= 15 is 0 Å². The van der Waals surface area contributed by atoms with Gasteiger partial charge in [-0.15, -0.1) is 0 Å². The van der Waals surface area contributed by atoms with Gasteiger partial charge in [-0.05, 0) is 108 Å². The molecule has 0 saturated heterocycles. The fraction of sp³-hybridized carbons (Fsp3) is 0.867. The normalized spacial score (nSPS) is 49.9. The summed E-state index contributed by atoms with van der Waals surface area (Å²) < 4.78 is 0. The van der Waals surface area contributed by atoms with E-state index in [9.17, 15) is 19.8 Å². The van der Waals surface area contributed by atoms with Crippen LogP contribution in [0.2, 0.25) is 0 Å². The predicted molar refractivity (Wildman–Crippen MR) is 133 cm³/mol. The summed E-state index contributed by atoms with van der Waals surface area (Å²) in [5.74, 6) is 0.656. The monoisotopic (exact) mass is 470 g/mol. The van der Waals surface area contributed by atoms with Crippen LogP contribution in [0, 0.1) is 50.7 Å². The molecule has 4 heteroatoms. The van der Waals surface area contributed by atoms with Crippen LogP contribution in [-0.4, -0.2) is 28.1 Å². The van der Waals surface area contributed by atoms with Crippen LogP contribution < -0.4 is 0 Å². The Labute approximate surface area is 206 Å².